The molecule has 18 heavy (non-hydrogen) atoms. The molecule has 0 unspecified atom stereocenters. The van der Waals surface area contributed by atoms with Crippen LogP contribution in [0.1, 0.15) is 31.5 Å². The highest BCUT2D eigenvalue weighted by Gasteiger charge is 2.35. The summed E-state index contributed by atoms with van der Waals surface area (Å²) < 4.78 is 1.29. The summed E-state index contributed by atoms with van der Waals surface area (Å²) in [5, 5.41) is 24.2. The Kier molecular flexibility index (Phi) is 3.24. The molecule has 0 atom stereocenters. The Morgan fingerprint density at radius 2 is 2.22 bits per heavy atom. The minimum absolute atomic E-state index is 0.0265. The number of carbonyl (C=O) groups is 1. The molecule has 92 valence electrons. The summed E-state index contributed by atoms with van der Waals surface area (Å²) in [5.74, 6) is -0.258. The fourth-order valence-corrected chi connectivity index (χ4v) is 2.12. The van der Waals surface area contributed by atoms with E-state index in [2.05, 4.69) is 21.5 Å². The molecule has 1 heterocycles. The van der Waals surface area contributed by atoms with Crippen LogP contribution in [0.25, 0.3) is 0 Å². The Labute approximate surface area is 104 Å². The lowest BCUT2D eigenvalue weighted by Crippen LogP contribution is -2.46. The van der Waals surface area contributed by atoms with Crippen molar-refractivity contribution in [1.82, 2.24) is 20.1 Å². The molecule has 0 aromatic carbocycles. The quantitative estimate of drug-likeness (QED) is 0.811. The molecule has 1 amide bonds. The zero-order valence-electron chi connectivity index (χ0n) is 9.76. The molecule has 2 rings (SSSR count). The molecular formula is C11H12N6O. The van der Waals surface area contributed by atoms with Crippen LogP contribution in [0.3, 0.4) is 0 Å². The summed E-state index contributed by atoms with van der Waals surface area (Å²) in [5.41, 5.74) is -0.726. The second kappa shape index (κ2) is 4.84. The van der Waals surface area contributed by atoms with Crippen LogP contribution in [0.5, 0.6) is 0 Å². The van der Waals surface area contributed by atoms with Crippen molar-refractivity contribution in [3.05, 3.63) is 12.2 Å². The lowest BCUT2D eigenvalue weighted by Gasteiger charge is -2.21. The largest absolute Gasteiger partial charge is 0.336 e. The lowest BCUT2D eigenvalue weighted by molar-refractivity contribution is -0.123. The predicted octanol–water partition coefficient (Wildman–Crippen LogP) is 0.102. The van der Waals surface area contributed by atoms with Crippen LogP contribution in [-0.2, 0) is 11.3 Å². The van der Waals surface area contributed by atoms with E-state index in [1.165, 1.54) is 11.0 Å². The van der Waals surface area contributed by atoms with E-state index in [0.717, 1.165) is 12.8 Å². The summed E-state index contributed by atoms with van der Waals surface area (Å²) in [6, 6.07) is 3.97. The van der Waals surface area contributed by atoms with Crippen LogP contribution in [-0.4, -0.2) is 26.2 Å². The Morgan fingerprint density at radius 3 is 2.78 bits per heavy atom. The minimum Gasteiger partial charge on any atom is -0.336 e. The summed E-state index contributed by atoms with van der Waals surface area (Å²) in [6.45, 7) is -0.0297. The number of nitrogens with zero attached hydrogens (tertiary/aromatic N) is 5. The van der Waals surface area contributed by atoms with Gasteiger partial charge in [0.1, 0.15) is 24.5 Å². The van der Waals surface area contributed by atoms with Gasteiger partial charge in [-0.2, -0.15) is 10.5 Å². The Bertz CT molecular complexity index is 528. The van der Waals surface area contributed by atoms with Gasteiger partial charge in [-0.05, 0) is 25.7 Å². The van der Waals surface area contributed by atoms with Gasteiger partial charge in [0.25, 0.3) is 5.82 Å². The van der Waals surface area contributed by atoms with E-state index in [1.807, 2.05) is 0 Å². The molecule has 1 N–H and O–H groups in total. The first-order chi connectivity index (χ1) is 8.67. The summed E-state index contributed by atoms with van der Waals surface area (Å²) in [7, 11) is 0. The molecule has 0 bridgehead atoms. The van der Waals surface area contributed by atoms with E-state index in [1.54, 1.807) is 6.07 Å². The van der Waals surface area contributed by atoms with Gasteiger partial charge in [0.05, 0.1) is 6.07 Å². The van der Waals surface area contributed by atoms with E-state index < -0.39 is 5.54 Å². The number of amides is 1. The zero-order valence-corrected chi connectivity index (χ0v) is 9.76. The van der Waals surface area contributed by atoms with Gasteiger partial charge in [-0.15, -0.1) is 5.10 Å². The second-order valence-corrected chi connectivity index (χ2v) is 4.33. The number of aromatic nitrogens is 3. The molecular weight excluding hydrogens is 232 g/mol. The highest BCUT2D eigenvalue weighted by Crippen LogP contribution is 2.28. The third-order valence-corrected chi connectivity index (χ3v) is 2.99. The Hall–Kier alpha value is -2.41. The average Bonchev–Trinajstić information content (AvgIpc) is 2.99. The van der Waals surface area contributed by atoms with Crippen molar-refractivity contribution in [2.45, 2.75) is 37.8 Å². The van der Waals surface area contributed by atoms with Gasteiger partial charge in [-0.25, -0.2) is 9.67 Å². The van der Waals surface area contributed by atoms with Gasteiger partial charge >= 0.3 is 0 Å². The normalized spacial score (nSPS) is 16.8. The Balaban J connectivity index is 1.97. The number of hydrogen-bond donors (Lipinski definition) is 1. The minimum atomic E-state index is -0.726. The monoisotopic (exact) mass is 244 g/mol. The molecule has 0 saturated heterocycles. The van der Waals surface area contributed by atoms with Crippen molar-refractivity contribution in [3.8, 4) is 12.1 Å². The van der Waals surface area contributed by atoms with Crippen LogP contribution >= 0.6 is 0 Å². The maximum absolute atomic E-state index is 11.8. The molecule has 1 aliphatic rings. The van der Waals surface area contributed by atoms with Crippen LogP contribution in [0.4, 0.5) is 0 Å². The predicted molar refractivity (Wildman–Crippen MR) is 59.7 cm³/mol. The van der Waals surface area contributed by atoms with Gasteiger partial charge in [0.2, 0.25) is 5.91 Å². The number of hydrogen-bond acceptors (Lipinski definition) is 5. The van der Waals surface area contributed by atoms with Crippen LogP contribution in [0.15, 0.2) is 6.33 Å². The van der Waals surface area contributed by atoms with Gasteiger partial charge in [0.15, 0.2) is 0 Å². The molecule has 0 radical (unpaired) electrons. The number of carbonyl (C=O) groups excluding carboxylic acids is 1. The fraction of sp³-hybridized carbons (Fsp3) is 0.545. The van der Waals surface area contributed by atoms with E-state index >= 15 is 0 Å². The van der Waals surface area contributed by atoms with E-state index in [4.69, 9.17) is 10.5 Å². The van der Waals surface area contributed by atoms with Crippen molar-refractivity contribution in [3.63, 3.8) is 0 Å². The fourth-order valence-electron chi connectivity index (χ4n) is 2.12. The molecule has 0 aliphatic heterocycles. The highest BCUT2D eigenvalue weighted by atomic mass is 16.2. The molecule has 1 saturated carbocycles. The average molecular weight is 244 g/mol. The van der Waals surface area contributed by atoms with E-state index in [9.17, 15) is 4.79 Å². The zero-order chi connectivity index (χ0) is 13.0. The van der Waals surface area contributed by atoms with Crippen LogP contribution < -0.4 is 5.32 Å². The molecule has 0 spiro atoms. The van der Waals surface area contributed by atoms with Gasteiger partial charge < -0.3 is 5.32 Å². The summed E-state index contributed by atoms with van der Waals surface area (Å²) in [6.07, 6.45) is 4.61. The van der Waals surface area contributed by atoms with Gasteiger partial charge in [-0.3, -0.25) is 4.79 Å². The third-order valence-electron chi connectivity index (χ3n) is 2.99. The van der Waals surface area contributed by atoms with Crippen molar-refractivity contribution in [1.29, 1.82) is 10.5 Å². The van der Waals surface area contributed by atoms with E-state index in [-0.39, 0.29) is 18.3 Å². The first kappa shape index (κ1) is 12.1. The van der Waals surface area contributed by atoms with Crippen LogP contribution in [0, 0.1) is 22.7 Å². The number of nitriles is 2. The smallest absolute Gasteiger partial charge is 0.252 e. The second-order valence-electron chi connectivity index (χ2n) is 4.33. The lowest BCUT2D eigenvalue weighted by atomic mass is 10.00. The van der Waals surface area contributed by atoms with Crippen molar-refractivity contribution >= 4 is 5.91 Å². The topological polar surface area (TPSA) is 107 Å². The maximum atomic E-state index is 11.8. The van der Waals surface area contributed by atoms with Crippen molar-refractivity contribution in [2.75, 3.05) is 0 Å². The standard InChI is InChI=1S/C11H12N6O/c12-5-9-14-8-17(16-9)6-10(18)15-11(7-13)3-1-2-4-11/h8H,1-4,6H2,(H,15,18). The van der Waals surface area contributed by atoms with Crippen LogP contribution in [0.2, 0.25) is 0 Å². The number of nitrogens with one attached hydrogen (secondary N) is 1. The molecule has 7 nitrogen and oxygen atoms in total. The van der Waals surface area contributed by atoms with E-state index in [0.29, 0.717) is 12.8 Å². The Morgan fingerprint density at radius 1 is 1.50 bits per heavy atom. The molecule has 1 aromatic heterocycles. The summed E-state index contributed by atoms with van der Waals surface area (Å²) >= 11 is 0. The maximum Gasteiger partial charge on any atom is 0.252 e. The molecule has 7 heteroatoms. The SMILES string of the molecule is N#Cc1ncn(CC(=O)NC2(C#N)CCCC2)n1. The van der Waals surface area contributed by atoms with Gasteiger partial charge in [0, 0.05) is 0 Å². The van der Waals surface area contributed by atoms with Crippen molar-refractivity contribution in [2.24, 2.45) is 0 Å². The molecule has 1 fully saturated rings. The highest BCUT2D eigenvalue weighted by molar-refractivity contribution is 5.77. The van der Waals surface area contributed by atoms with Crippen molar-refractivity contribution < 1.29 is 4.79 Å². The molecule has 1 aromatic rings. The molecule has 1 aliphatic carbocycles. The third kappa shape index (κ3) is 2.46. The first-order valence-electron chi connectivity index (χ1n) is 5.69. The first-order valence-corrected chi connectivity index (χ1v) is 5.69. The summed E-state index contributed by atoms with van der Waals surface area (Å²) in [4.78, 5) is 15.5. The van der Waals surface area contributed by atoms with Gasteiger partial charge in [-0.1, -0.05) is 0 Å². The number of rotatable bonds is 3.